The summed E-state index contributed by atoms with van der Waals surface area (Å²) in [5, 5.41) is 0. The van der Waals surface area contributed by atoms with Crippen molar-refractivity contribution in [2.24, 2.45) is 5.84 Å². The maximum Gasteiger partial charge on any atom is 0.389 e. The second-order valence-corrected chi connectivity index (χ2v) is 3.57. The van der Waals surface area contributed by atoms with Crippen molar-refractivity contribution in [1.29, 1.82) is 0 Å². The van der Waals surface area contributed by atoms with Gasteiger partial charge in [-0.15, -0.1) is 0 Å². The van der Waals surface area contributed by atoms with Gasteiger partial charge >= 0.3 is 6.18 Å². The van der Waals surface area contributed by atoms with Crippen molar-refractivity contribution in [3.8, 4) is 5.75 Å². The minimum Gasteiger partial charge on any atom is -0.494 e. The Bertz CT molecular complexity index is 390. The second-order valence-electron chi connectivity index (χ2n) is 3.57. The first kappa shape index (κ1) is 14.3. The van der Waals surface area contributed by atoms with Gasteiger partial charge in [0, 0.05) is 12.0 Å². The second kappa shape index (κ2) is 6.25. The van der Waals surface area contributed by atoms with Gasteiger partial charge in [-0.05, 0) is 30.7 Å². The number of hydrogen-bond donors (Lipinski definition) is 2. The number of halogens is 3. The molecule has 7 heteroatoms. The van der Waals surface area contributed by atoms with Crippen LogP contribution in [0.5, 0.6) is 5.75 Å². The van der Waals surface area contributed by atoms with E-state index in [0.717, 1.165) is 0 Å². The number of carbonyl (C=O) groups excluding carboxylic acids is 1. The van der Waals surface area contributed by atoms with Gasteiger partial charge in [-0.25, -0.2) is 5.84 Å². The number of carbonyl (C=O) groups is 1. The van der Waals surface area contributed by atoms with Crippen molar-refractivity contribution in [2.45, 2.75) is 19.0 Å². The molecule has 1 aromatic rings. The predicted molar refractivity (Wildman–Crippen MR) is 58.9 cm³/mol. The molecule has 0 bridgehead atoms. The lowest BCUT2D eigenvalue weighted by molar-refractivity contribution is -0.136. The Morgan fingerprint density at radius 2 is 1.89 bits per heavy atom. The van der Waals surface area contributed by atoms with Gasteiger partial charge < -0.3 is 4.74 Å². The van der Waals surface area contributed by atoms with Crippen LogP contribution in [0.3, 0.4) is 0 Å². The summed E-state index contributed by atoms with van der Waals surface area (Å²) in [6.45, 7) is -0.0259. The van der Waals surface area contributed by atoms with Gasteiger partial charge in [0.25, 0.3) is 5.91 Å². The van der Waals surface area contributed by atoms with E-state index in [1.165, 1.54) is 24.3 Å². The molecule has 0 aliphatic carbocycles. The molecule has 0 aliphatic heterocycles. The van der Waals surface area contributed by atoms with Crippen LogP contribution >= 0.6 is 0 Å². The van der Waals surface area contributed by atoms with Gasteiger partial charge in [-0.3, -0.25) is 10.2 Å². The highest BCUT2D eigenvalue weighted by molar-refractivity contribution is 5.93. The molecule has 4 nitrogen and oxygen atoms in total. The van der Waals surface area contributed by atoms with E-state index in [2.05, 4.69) is 0 Å². The Morgan fingerprint density at radius 1 is 1.28 bits per heavy atom. The highest BCUT2D eigenvalue weighted by Crippen LogP contribution is 2.21. The molecule has 100 valence electrons. The van der Waals surface area contributed by atoms with E-state index < -0.39 is 18.5 Å². The summed E-state index contributed by atoms with van der Waals surface area (Å²) in [7, 11) is 0. The van der Waals surface area contributed by atoms with E-state index in [-0.39, 0.29) is 13.0 Å². The number of hydrazine groups is 1. The van der Waals surface area contributed by atoms with E-state index >= 15 is 0 Å². The quantitative estimate of drug-likeness (QED) is 0.369. The molecule has 0 spiro atoms. The van der Waals surface area contributed by atoms with Crippen LogP contribution in [0.4, 0.5) is 13.2 Å². The number of alkyl halides is 3. The van der Waals surface area contributed by atoms with Crippen molar-refractivity contribution < 1.29 is 22.7 Å². The third-order valence-corrected chi connectivity index (χ3v) is 2.12. The topological polar surface area (TPSA) is 64.3 Å². The zero-order chi connectivity index (χ0) is 13.6. The zero-order valence-corrected chi connectivity index (χ0v) is 9.46. The molecule has 1 rings (SSSR count). The van der Waals surface area contributed by atoms with E-state index in [1.54, 1.807) is 0 Å². The first-order chi connectivity index (χ1) is 8.42. The largest absolute Gasteiger partial charge is 0.494 e. The number of amides is 1. The lowest BCUT2D eigenvalue weighted by Gasteiger charge is -2.08. The van der Waals surface area contributed by atoms with E-state index in [1.807, 2.05) is 5.43 Å². The van der Waals surface area contributed by atoms with Crippen molar-refractivity contribution in [3.63, 3.8) is 0 Å². The minimum absolute atomic E-state index is 0.0259. The summed E-state index contributed by atoms with van der Waals surface area (Å²) in [4.78, 5) is 11.1. The van der Waals surface area contributed by atoms with Gasteiger partial charge in [0.05, 0.1) is 6.61 Å². The number of nitrogens with two attached hydrogens (primary N) is 1. The molecule has 3 N–H and O–H groups in total. The summed E-state index contributed by atoms with van der Waals surface area (Å²) >= 11 is 0. The Kier molecular flexibility index (Phi) is 4.96. The normalized spacial score (nSPS) is 11.1. The number of benzene rings is 1. The highest BCUT2D eigenvalue weighted by Gasteiger charge is 2.26. The average molecular weight is 262 g/mol. The van der Waals surface area contributed by atoms with Crippen molar-refractivity contribution in [3.05, 3.63) is 29.8 Å². The monoisotopic (exact) mass is 262 g/mol. The number of rotatable bonds is 5. The lowest BCUT2D eigenvalue weighted by Crippen LogP contribution is -2.29. The maximum atomic E-state index is 11.9. The third-order valence-electron chi connectivity index (χ3n) is 2.12. The van der Waals surface area contributed by atoms with Crippen molar-refractivity contribution >= 4 is 5.91 Å². The SMILES string of the molecule is NNC(=O)c1ccc(OCCCC(F)(F)F)cc1. The standard InChI is InChI=1S/C11H13F3N2O2/c12-11(13,14)6-1-7-18-9-4-2-8(3-5-9)10(17)16-15/h2-5H,1,6-7,15H2,(H,16,17). The van der Waals surface area contributed by atoms with Gasteiger partial charge in [-0.1, -0.05) is 0 Å². The summed E-state index contributed by atoms with van der Waals surface area (Å²) < 4.78 is 40.7. The first-order valence-electron chi connectivity index (χ1n) is 5.23. The smallest absolute Gasteiger partial charge is 0.389 e. The molecule has 0 heterocycles. The molecule has 0 atom stereocenters. The lowest BCUT2D eigenvalue weighted by atomic mass is 10.2. The Morgan fingerprint density at radius 3 is 2.39 bits per heavy atom. The van der Waals surface area contributed by atoms with Gasteiger partial charge in [0.2, 0.25) is 0 Å². The van der Waals surface area contributed by atoms with E-state index in [0.29, 0.717) is 11.3 Å². The molecule has 0 aromatic heterocycles. The molecular weight excluding hydrogens is 249 g/mol. The molecule has 1 aromatic carbocycles. The Hall–Kier alpha value is -1.76. The van der Waals surface area contributed by atoms with Gasteiger partial charge in [0.1, 0.15) is 5.75 Å². The average Bonchev–Trinajstić information content (AvgIpc) is 2.33. The molecule has 0 saturated carbocycles. The Balaban J connectivity index is 2.38. The van der Waals surface area contributed by atoms with Crippen LogP contribution in [0, 0.1) is 0 Å². The first-order valence-corrected chi connectivity index (χ1v) is 5.23. The van der Waals surface area contributed by atoms with Crippen LogP contribution in [0.2, 0.25) is 0 Å². The van der Waals surface area contributed by atoms with E-state index in [4.69, 9.17) is 10.6 Å². The van der Waals surface area contributed by atoms with Crippen LogP contribution < -0.4 is 16.0 Å². The fourth-order valence-corrected chi connectivity index (χ4v) is 1.25. The molecule has 0 aliphatic rings. The van der Waals surface area contributed by atoms with Crippen LogP contribution in [-0.2, 0) is 0 Å². The molecule has 1 amide bonds. The van der Waals surface area contributed by atoms with Crippen LogP contribution in [0.1, 0.15) is 23.2 Å². The summed E-state index contributed by atoms with van der Waals surface area (Å²) in [6.07, 6.45) is -5.14. The summed E-state index contributed by atoms with van der Waals surface area (Å²) in [5.41, 5.74) is 2.31. The zero-order valence-electron chi connectivity index (χ0n) is 9.46. The summed E-state index contributed by atoms with van der Waals surface area (Å²) in [6, 6.07) is 5.94. The molecule has 0 saturated heterocycles. The van der Waals surface area contributed by atoms with Crippen LogP contribution in [0.25, 0.3) is 0 Å². The molecule has 18 heavy (non-hydrogen) atoms. The molecular formula is C11H13F3N2O2. The number of nitrogens with one attached hydrogen (secondary N) is 1. The maximum absolute atomic E-state index is 11.9. The third kappa shape index (κ3) is 5.05. The van der Waals surface area contributed by atoms with E-state index in [9.17, 15) is 18.0 Å². The number of ether oxygens (including phenoxy) is 1. The van der Waals surface area contributed by atoms with Gasteiger partial charge in [-0.2, -0.15) is 13.2 Å². The summed E-state index contributed by atoms with van der Waals surface area (Å²) in [5.74, 6) is 4.91. The van der Waals surface area contributed by atoms with Gasteiger partial charge in [0.15, 0.2) is 0 Å². The highest BCUT2D eigenvalue weighted by atomic mass is 19.4. The molecule has 0 fully saturated rings. The Labute approximate surface area is 102 Å². The van der Waals surface area contributed by atoms with Crippen molar-refractivity contribution in [2.75, 3.05) is 6.61 Å². The molecule has 0 radical (unpaired) electrons. The van der Waals surface area contributed by atoms with Crippen LogP contribution in [0.15, 0.2) is 24.3 Å². The fourth-order valence-electron chi connectivity index (χ4n) is 1.25. The predicted octanol–water partition coefficient (Wildman–Crippen LogP) is 2.01. The van der Waals surface area contributed by atoms with Crippen molar-refractivity contribution in [1.82, 2.24) is 5.43 Å². The minimum atomic E-state index is -4.16. The molecule has 0 unspecified atom stereocenters. The number of nitrogen functional groups attached to an aromatic ring is 1. The van der Waals surface area contributed by atoms with Crippen LogP contribution in [-0.4, -0.2) is 18.7 Å². The fraction of sp³-hybridized carbons (Fsp3) is 0.364. The number of hydrogen-bond acceptors (Lipinski definition) is 3.